The maximum absolute atomic E-state index is 9.71. The Kier molecular flexibility index (Phi) is 7.04. The molecular weight excluding hydrogens is 242 g/mol. The first kappa shape index (κ1) is 16.3. The van der Waals surface area contributed by atoms with Gasteiger partial charge in [-0.3, -0.25) is 0 Å². The molecule has 2 nitrogen and oxygen atoms in total. The average Bonchev–Trinajstić information content (AvgIpc) is 2.29. The number of nitrogens with one attached hydrogen (secondary N) is 1. The van der Waals surface area contributed by atoms with Gasteiger partial charge < -0.3 is 10.4 Å². The monoisotopic (exact) mass is 273 g/mol. The van der Waals surface area contributed by atoms with Crippen LogP contribution in [0.3, 0.4) is 0 Å². The highest BCUT2D eigenvalue weighted by Crippen LogP contribution is 2.38. The number of aliphatic hydroxyl groups excluding tert-OH is 1. The van der Waals surface area contributed by atoms with Gasteiger partial charge in [0.25, 0.3) is 0 Å². The van der Waals surface area contributed by atoms with Gasteiger partial charge >= 0.3 is 0 Å². The third-order valence-electron chi connectivity index (χ3n) is 4.10. The molecule has 6 atom stereocenters. The summed E-state index contributed by atoms with van der Waals surface area (Å²) in [6, 6.07) is 0.620. The van der Waals surface area contributed by atoms with Crippen molar-refractivity contribution in [2.45, 2.75) is 76.5 Å². The number of hydrogen-bond donors (Lipinski definition) is 2. The lowest BCUT2D eigenvalue weighted by molar-refractivity contribution is 0.194. The summed E-state index contributed by atoms with van der Waals surface area (Å²) in [4.78, 5) is 0. The molecule has 0 aromatic rings. The zero-order valence-electron chi connectivity index (χ0n) is 12.6. The van der Waals surface area contributed by atoms with Crippen molar-refractivity contribution >= 4 is 11.8 Å². The molecule has 6 unspecified atom stereocenters. The lowest BCUT2D eigenvalue weighted by Crippen LogP contribution is -2.47. The predicted octanol–water partition coefficient (Wildman–Crippen LogP) is 3.29. The van der Waals surface area contributed by atoms with Crippen molar-refractivity contribution in [2.24, 2.45) is 11.8 Å². The van der Waals surface area contributed by atoms with Crippen LogP contribution in [0.25, 0.3) is 0 Å². The first-order chi connectivity index (χ1) is 8.45. The molecule has 0 aliphatic heterocycles. The summed E-state index contributed by atoms with van der Waals surface area (Å²) in [6.45, 7) is 12.1. The van der Waals surface area contributed by atoms with Gasteiger partial charge in [0.15, 0.2) is 0 Å². The third-order valence-corrected chi connectivity index (χ3v) is 6.03. The predicted molar refractivity (Wildman–Crippen MR) is 82.2 cm³/mol. The van der Waals surface area contributed by atoms with Crippen molar-refractivity contribution in [1.29, 1.82) is 0 Å². The number of aliphatic hydroxyl groups is 1. The highest BCUT2D eigenvalue weighted by Gasteiger charge is 2.35. The van der Waals surface area contributed by atoms with Crippen LogP contribution in [0.4, 0.5) is 0 Å². The minimum atomic E-state index is -0.214. The van der Waals surface area contributed by atoms with E-state index in [1.165, 1.54) is 19.3 Å². The maximum Gasteiger partial charge on any atom is 0.0628 e. The number of hydrogen-bond acceptors (Lipinski definition) is 3. The van der Waals surface area contributed by atoms with E-state index >= 15 is 0 Å². The zero-order chi connectivity index (χ0) is 13.7. The minimum Gasteiger partial charge on any atom is -0.392 e. The molecule has 0 heterocycles. The standard InChI is InChI=1S/C15H31NOS/c1-6-7-16-14-9-10(2)8-11(3)15(14)18-13(5)12(4)17/h10-17H,6-9H2,1-5H3. The molecule has 0 aromatic heterocycles. The van der Waals surface area contributed by atoms with Crippen LogP contribution in [-0.4, -0.2) is 34.3 Å². The second-order valence-electron chi connectivity index (χ2n) is 6.16. The highest BCUT2D eigenvalue weighted by atomic mass is 32.2. The Labute approximate surface area is 117 Å². The quantitative estimate of drug-likeness (QED) is 0.779. The molecule has 1 saturated carbocycles. The van der Waals surface area contributed by atoms with Crippen molar-refractivity contribution in [3.63, 3.8) is 0 Å². The highest BCUT2D eigenvalue weighted by molar-refractivity contribution is 8.00. The van der Waals surface area contributed by atoms with Crippen LogP contribution >= 0.6 is 11.8 Å². The van der Waals surface area contributed by atoms with Gasteiger partial charge in [-0.05, 0) is 44.6 Å². The molecule has 18 heavy (non-hydrogen) atoms. The summed E-state index contributed by atoms with van der Waals surface area (Å²) < 4.78 is 0. The van der Waals surface area contributed by atoms with Gasteiger partial charge in [-0.25, -0.2) is 0 Å². The van der Waals surface area contributed by atoms with Crippen LogP contribution in [0.2, 0.25) is 0 Å². The summed E-state index contributed by atoms with van der Waals surface area (Å²) in [5.74, 6) is 1.57. The Balaban J connectivity index is 2.62. The average molecular weight is 273 g/mol. The van der Waals surface area contributed by atoms with Gasteiger partial charge in [-0.15, -0.1) is 0 Å². The Morgan fingerprint density at radius 3 is 2.50 bits per heavy atom. The van der Waals surface area contributed by atoms with Crippen molar-refractivity contribution in [3.8, 4) is 0 Å². The zero-order valence-corrected chi connectivity index (χ0v) is 13.5. The maximum atomic E-state index is 9.71. The Bertz CT molecular complexity index is 235. The molecule has 0 spiro atoms. The van der Waals surface area contributed by atoms with Crippen LogP contribution in [0.5, 0.6) is 0 Å². The van der Waals surface area contributed by atoms with Crippen LogP contribution in [0.1, 0.15) is 53.9 Å². The number of rotatable bonds is 6. The normalized spacial score (nSPS) is 36.3. The fourth-order valence-corrected chi connectivity index (χ4v) is 4.45. The van der Waals surface area contributed by atoms with Crippen molar-refractivity contribution in [1.82, 2.24) is 5.32 Å². The van der Waals surface area contributed by atoms with Crippen LogP contribution in [0.15, 0.2) is 0 Å². The number of thioether (sulfide) groups is 1. The molecule has 0 radical (unpaired) electrons. The minimum absolute atomic E-state index is 0.214. The van der Waals surface area contributed by atoms with Crippen LogP contribution in [-0.2, 0) is 0 Å². The molecule has 0 saturated heterocycles. The molecule has 1 aliphatic carbocycles. The molecule has 2 N–H and O–H groups in total. The molecule has 0 aromatic carbocycles. The smallest absolute Gasteiger partial charge is 0.0628 e. The molecule has 0 amide bonds. The van der Waals surface area contributed by atoms with E-state index in [0.717, 1.165) is 18.4 Å². The largest absolute Gasteiger partial charge is 0.392 e. The van der Waals surface area contributed by atoms with E-state index < -0.39 is 0 Å². The summed E-state index contributed by atoms with van der Waals surface area (Å²) >= 11 is 1.98. The van der Waals surface area contributed by atoms with Gasteiger partial charge in [-0.2, -0.15) is 11.8 Å². The lowest BCUT2D eigenvalue weighted by atomic mass is 9.80. The van der Waals surface area contributed by atoms with Gasteiger partial charge in [-0.1, -0.05) is 27.7 Å². The fourth-order valence-electron chi connectivity index (χ4n) is 2.95. The SMILES string of the molecule is CCCNC1CC(C)CC(C)C1SC(C)C(C)O. The first-order valence-electron chi connectivity index (χ1n) is 7.52. The van der Waals surface area contributed by atoms with E-state index in [-0.39, 0.29) is 6.10 Å². The summed E-state index contributed by atoms with van der Waals surface area (Å²) in [5, 5.41) is 14.4. The second kappa shape index (κ2) is 7.76. The molecule has 3 heteroatoms. The van der Waals surface area contributed by atoms with Gasteiger partial charge in [0, 0.05) is 16.5 Å². The van der Waals surface area contributed by atoms with E-state index in [0.29, 0.717) is 16.5 Å². The van der Waals surface area contributed by atoms with E-state index in [2.05, 4.69) is 33.0 Å². The van der Waals surface area contributed by atoms with Crippen LogP contribution in [0, 0.1) is 11.8 Å². The van der Waals surface area contributed by atoms with Gasteiger partial charge in [0.1, 0.15) is 0 Å². The Morgan fingerprint density at radius 1 is 1.28 bits per heavy atom. The van der Waals surface area contributed by atoms with E-state index in [4.69, 9.17) is 0 Å². The lowest BCUT2D eigenvalue weighted by Gasteiger charge is -2.41. The molecule has 1 fully saturated rings. The van der Waals surface area contributed by atoms with Crippen LogP contribution < -0.4 is 5.32 Å². The van der Waals surface area contributed by atoms with Gasteiger partial charge in [0.2, 0.25) is 0 Å². The topological polar surface area (TPSA) is 32.3 Å². The molecule has 0 bridgehead atoms. The molecular formula is C15H31NOS. The second-order valence-corrected chi connectivity index (χ2v) is 7.72. The third kappa shape index (κ3) is 4.75. The summed E-state index contributed by atoms with van der Waals surface area (Å²) in [5.41, 5.74) is 0. The summed E-state index contributed by atoms with van der Waals surface area (Å²) in [6.07, 6.45) is 3.60. The Morgan fingerprint density at radius 2 is 1.94 bits per heavy atom. The summed E-state index contributed by atoms with van der Waals surface area (Å²) in [7, 11) is 0. The molecule has 108 valence electrons. The Hall–Kier alpha value is 0.270. The van der Waals surface area contributed by atoms with Crippen molar-refractivity contribution in [2.75, 3.05) is 6.54 Å². The fraction of sp³-hybridized carbons (Fsp3) is 1.00. The van der Waals surface area contributed by atoms with Crippen molar-refractivity contribution < 1.29 is 5.11 Å². The molecule has 1 aliphatic rings. The van der Waals surface area contributed by atoms with E-state index in [1.807, 2.05) is 18.7 Å². The first-order valence-corrected chi connectivity index (χ1v) is 8.46. The van der Waals surface area contributed by atoms with Crippen molar-refractivity contribution in [3.05, 3.63) is 0 Å². The molecule has 1 rings (SSSR count). The van der Waals surface area contributed by atoms with Gasteiger partial charge in [0.05, 0.1) is 6.10 Å². The van der Waals surface area contributed by atoms with E-state index in [1.54, 1.807) is 0 Å². The van der Waals surface area contributed by atoms with E-state index in [9.17, 15) is 5.11 Å².